The largest absolute Gasteiger partial charge is 0.472 e. The lowest BCUT2D eigenvalue weighted by molar-refractivity contribution is -0.139. The highest BCUT2D eigenvalue weighted by molar-refractivity contribution is 6.36. The molecule has 3 saturated heterocycles. The molecule has 7 rings (SSSR count). The number of aromatic nitrogens is 3. The average molecular weight is 662 g/mol. The molecule has 3 aromatic rings. The van der Waals surface area contributed by atoms with Gasteiger partial charge in [0, 0.05) is 38.2 Å². The Morgan fingerprint density at radius 2 is 1.91 bits per heavy atom. The zero-order chi connectivity index (χ0) is 32.0. The van der Waals surface area contributed by atoms with Crippen molar-refractivity contribution in [3.63, 3.8) is 0 Å². The minimum atomic E-state index is -5.53. The number of anilines is 2. The third kappa shape index (κ3) is 4.70. The van der Waals surface area contributed by atoms with Gasteiger partial charge in [0.15, 0.2) is 17.5 Å². The van der Waals surface area contributed by atoms with Crippen molar-refractivity contribution < 1.29 is 40.2 Å². The van der Waals surface area contributed by atoms with E-state index in [9.17, 15) is 26.3 Å². The maximum atomic E-state index is 16.6. The van der Waals surface area contributed by atoms with E-state index in [-0.39, 0.29) is 48.7 Å². The van der Waals surface area contributed by atoms with Gasteiger partial charge in [-0.2, -0.15) is 23.1 Å². The molecule has 17 heteroatoms. The van der Waals surface area contributed by atoms with Gasteiger partial charge in [0.05, 0.1) is 22.3 Å². The number of hydrogen-bond acceptors (Lipinski definition) is 9. The van der Waals surface area contributed by atoms with Crippen molar-refractivity contribution in [3.8, 4) is 23.1 Å². The van der Waals surface area contributed by atoms with Crippen LogP contribution in [0.15, 0.2) is 0 Å². The quantitative estimate of drug-likeness (QED) is 0.230. The van der Waals surface area contributed by atoms with Crippen LogP contribution in [0.4, 0.5) is 42.2 Å². The van der Waals surface area contributed by atoms with Gasteiger partial charge in [-0.05, 0) is 26.3 Å². The molecule has 0 radical (unpaired) electrons. The number of rotatable bonds is 4. The Morgan fingerprint density at radius 1 is 1.13 bits per heavy atom. The third-order valence-electron chi connectivity index (χ3n) is 9.21. The molecule has 4 atom stereocenters. The van der Waals surface area contributed by atoms with E-state index in [4.69, 9.17) is 26.8 Å². The monoisotopic (exact) mass is 661 g/mol. The van der Waals surface area contributed by atoms with E-state index in [2.05, 4.69) is 20.3 Å². The van der Waals surface area contributed by atoms with Gasteiger partial charge in [-0.1, -0.05) is 11.6 Å². The molecule has 1 unspecified atom stereocenters. The Morgan fingerprint density at radius 3 is 2.67 bits per heavy atom. The minimum absolute atomic E-state index is 0.00751. The van der Waals surface area contributed by atoms with Crippen LogP contribution < -0.4 is 25.4 Å². The van der Waals surface area contributed by atoms with E-state index in [1.165, 1.54) is 0 Å². The van der Waals surface area contributed by atoms with Crippen LogP contribution in [0.3, 0.4) is 0 Å². The summed E-state index contributed by atoms with van der Waals surface area (Å²) in [5.74, 6) is -6.00. The number of nitrogen functional groups attached to an aromatic ring is 1. The van der Waals surface area contributed by atoms with E-state index in [0.717, 1.165) is 6.42 Å². The molecule has 3 N–H and O–H groups in total. The summed E-state index contributed by atoms with van der Waals surface area (Å²) in [4.78, 5) is 16.7. The first kappa shape index (κ1) is 30.3. The topological polar surface area (TPSA) is 102 Å². The summed E-state index contributed by atoms with van der Waals surface area (Å²) in [7, 11) is 0. The molecule has 0 spiro atoms. The van der Waals surface area contributed by atoms with Gasteiger partial charge in [-0.25, -0.2) is 22.5 Å². The number of fused-ring (bicyclic) bond motifs is 3. The first-order chi connectivity index (χ1) is 21.3. The number of nitrogens with one attached hydrogen (secondary N) is 1. The first-order valence-electron chi connectivity index (χ1n) is 14.4. The lowest BCUT2D eigenvalue weighted by atomic mass is 9.95. The molecule has 4 aliphatic rings. The highest BCUT2D eigenvalue weighted by Crippen LogP contribution is 2.49. The normalized spacial score (nSPS) is 26.5. The van der Waals surface area contributed by atoms with Gasteiger partial charge in [0.2, 0.25) is 5.88 Å². The lowest BCUT2D eigenvalue weighted by Crippen LogP contribution is -2.56. The zero-order valence-electron chi connectivity index (χ0n) is 23.7. The number of benzene rings is 1. The summed E-state index contributed by atoms with van der Waals surface area (Å²) in [6, 6.07) is -0.675. The number of alkyl halides is 4. The van der Waals surface area contributed by atoms with E-state index in [0.29, 0.717) is 32.6 Å². The SMILES string of the molecule is C[C@@H]1Oc2nc(-c3c(Cl)c(N)c(F)c(F)c3C(F)(F)F)c(F)c3nc(OCC45CCCN4C[C@H](F)C5)nc(c23)N2CCNC[C@@H]12. The molecule has 45 heavy (non-hydrogen) atoms. The molecular formula is C28H27ClF7N7O2. The molecule has 4 aliphatic heterocycles. The maximum absolute atomic E-state index is 16.6. The molecule has 0 saturated carbocycles. The van der Waals surface area contributed by atoms with E-state index in [1.807, 2.05) is 9.80 Å². The molecule has 0 bridgehead atoms. The van der Waals surface area contributed by atoms with Crippen LogP contribution in [0.25, 0.3) is 22.2 Å². The average Bonchev–Trinajstić information content (AvgIpc) is 3.49. The second-order valence-corrected chi connectivity index (χ2v) is 12.3. The fraction of sp³-hybridized carbons (Fsp3) is 0.536. The Kier molecular flexibility index (Phi) is 7.13. The third-order valence-corrected chi connectivity index (χ3v) is 9.61. The van der Waals surface area contributed by atoms with Crippen LogP contribution in [0, 0.1) is 17.5 Å². The van der Waals surface area contributed by atoms with Gasteiger partial charge in [0.1, 0.15) is 46.9 Å². The molecule has 6 heterocycles. The van der Waals surface area contributed by atoms with E-state index >= 15 is 4.39 Å². The Labute approximate surface area is 256 Å². The van der Waals surface area contributed by atoms with Gasteiger partial charge in [0.25, 0.3) is 0 Å². The summed E-state index contributed by atoms with van der Waals surface area (Å²) in [5, 5.41) is 2.10. The van der Waals surface area contributed by atoms with Crippen LogP contribution in [-0.2, 0) is 6.18 Å². The Hall–Kier alpha value is -3.37. The Balaban J connectivity index is 1.45. The van der Waals surface area contributed by atoms with Gasteiger partial charge in [-0.3, -0.25) is 4.90 Å². The molecule has 242 valence electrons. The molecule has 9 nitrogen and oxygen atoms in total. The van der Waals surface area contributed by atoms with Crippen molar-refractivity contribution in [1.29, 1.82) is 0 Å². The Bertz CT molecular complexity index is 1710. The molecule has 3 fully saturated rings. The molecule has 2 aromatic heterocycles. The fourth-order valence-corrected chi connectivity index (χ4v) is 7.37. The van der Waals surface area contributed by atoms with Crippen molar-refractivity contribution in [2.24, 2.45) is 0 Å². The summed E-state index contributed by atoms with van der Waals surface area (Å²) in [6.07, 6.45) is -5.47. The second kappa shape index (κ2) is 10.6. The van der Waals surface area contributed by atoms with Gasteiger partial charge >= 0.3 is 12.2 Å². The summed E-state index contributed by atoms with van der Waals surface area (Å²) in [6.45, 7) is 4.00. The second-order valence-electron chi connectivity index (χ2n) is 11.9. The number of pyridine rings is 1. The number of hydrogen-bond donors (Lipinski definition) is 2. The molecular weight excluding hydrogens is 635 g/mol. The van der Waals surface area contributed by atoms with Gasteiger partial charge in [-0.15, -0.1) is 0 Å². The van der Waals surface area contributed by atoms with Crippen LogP contribution in [0.5, 0.6) is 11.9 Å². The van der Waals surface area contributed by atoms with Crippen LogP contribution in [0.2, 0.25) is 5.02 Å². The minimum Gasteiger partial charge on any atom is -0.472 e. The fourth-order valence-electron chi connectivity index (χ4n) is 7.10. The standard InChI is InChI=1S/C28H27ClF7N7O2/c1-11-13-8-38-4-6-43(13)24-15-23(40-26(41-24)44-10-27-3-2-5-42(27)9-12(30)7-27)20(33)22(39-25(15)45-11)14-16(28(34,35)36)18(31)19(32)21(37)17(14)29/h11-13,38H,2-10,37H2,1H3/t11-,12+,13-,27?/m0/s1. The van der Waals surface area contributed by atoms with Crippen molar-refractivity contribution in [3.05, 3.63) is 28.0 Å². The predicted octanol–water partition coefficient (Wildman–Crippen LogP) is 4.88. The number of nitrogens with two attached hydrogens (primary N) is 1. The number of nitrogens with zero attached hydrogens (tertiary/aromatic N) is 5. The van der Waals surface area contributed by atoms with E-state index in [1.54, 1.807) is 6.92 Å². The van der Waals surface area contributed by atoms with Crippen LogP contribution >= 0.6 is 11.6 Å². The zero-order valence-corrected chi connectivity index (χ0v) is 24.5. The maximum Gasteiger partial charge on any atom is 0.420 e. The van der Waals surface area contributed by atoms with Crippen LogP contribution in [0.1, 0.15) is 31.7 Å². The highest BCUT2D eigenvalue weighted by Gasteiger charge is 2.50. The van der Waals surface area contributed by atoms with Crippen LogP contribution in [-0.4, -0.2) is 83.0 Å². The first-order valence-corrected chi connectivity index (χ1v) is 14.8. The smallest absolute Gasteiger partial charge is 0.420 e. The number of piperazine rings is 1. The van der Waals surface area contributed by atoms with E-state index < -0.39 is 74.5 Å². The molecule has 0 aliphatic carbocycles. The number of ether oxygens (including phenoxy) is 2. The van der Waals surface area contributed by atoms with Crippen molar-refractivity contribution in [2.45, 2.75) is 56.2 Å². The molecule has 0 amide bonds. The summed E-state index contributed by atoms with van der Waals surface area (Å²) >= 11 is 6.07. The predicted molar refractivity (Wildman–Crippen MR) is 150 cm³/mol. The van der Waals surface area contributed by atoms with Crippen molar-refractivity contribution >= 4 is 34.0 Å². The van der Waals surface area contributed by atoms with Gasteiger partial charge < -0.3 is 25.4 Å². The van der Waals surface area contributed by atoms with Crippen molar-refractivity contribution in [2.75, 3.05) is 50.0 Å². The summed E-state index contributed by atoms with van der Waals surface area (Å²) in [5.41, 5.74) is -1.37. The number of halogens is 8. The molecule has 1 aromatic carbocycles. The van der Waals surface area contributed by atoms with Crippen molar-refractivity contribution in [1.82, 2.24) is 25.2 Å². The summed E-state index contributed by atoms with van der Waals surface area (Å²) < 4.78 is 115. The highest BCUT2D eigenvalue weighted by atomic mass is 35.5. The lowest BCUT2D eigenvalue weighted by Gasteiger charge is -2.38.